The smallest absolute Gasteiger partial charge is 0.168 e. The van der Waals surface area contributed by atoms with Gasteiger partial charge in [-0.3, -0.25) is 9.59 Å². The molecule has 0 spiro atoms. The lowest BCUT2D eigenvalue weighted by atomic mass is 9.73. The zero-order valence-electron chi connectivity index (χ0n) is 12.7. The third kappa shape index (κ3) is 3.58. The van der Waals surface area contributed by atoms with Crippen molar-refractivity contribution in [3.63, 3.8) is 0 Å². The molecule has 0 amide bonds. The van der Waals surface area contributed by atoms with Gasteiger partial charge in [-0.05, 0) is 30.0 Å². The predicted octanol–water partition coefficient (Wildman–Crippen LogP) is 2.82. The molecule has 0 bridgehead atoms. The van der Waals surface area contributed by atoms with E-state index in [-0.39, 0.29) is 23.6 Å². The second-order valence-electron chi connectivity index (χ2n) is 6.34. The van der Waals surface area contributed by atoms with Crippen LogP contribution in [0, 0.1) is 5.41 Å². The average Bonchev–Trinajstić information content (AvgIpc) is 2.37. The van der Waals surface area contributed by atoms with Gasteiger partial charge < -0.3 is 10.4 Å². The highest BCUT2D eigenvalue weighted by Crippen LogP contribution is 2.34. The summed E-state index contributed by atoms with van der Waals surface area (Å²) in [6, 6.07) is 7.23. The summed E-state index contributed by atoms with van der Waals surface area (Å²) < 4.78 is 0. The molecule has 112 valence electrons. The number of aliphatic hydroxyl groups is 1. The number of rotatable bonds is 3. The number of anilines is 1. The van der Waals surface area contributed by atoms with E-state index >= 15 is 0 Å². The first kappa shape index (κ1) is 15.4. The molecule has 0 atom stereocenters. The van der Waals surface area contributed by atoms with Crippen molar-refractivity contribution in [1.82, 2.24) is 0 Å². The number of carbonyl (C=O) groups excluding carboxylic acids is 2. The Bertz CT molecular complexity index is 575. The van der Waals surface area contributed by atoms with Crippen molar-refractivity contribution in [2.45, 2.75) is 40.2 Å². The van der Waals surface area contributed by atoms with E-state index in [1.807, 2.05) is 26.0 Å². The van der Waals surface area contributed by atoms with E-state index < -0.39 is 0 Å². The Balaban J connectivity index is 2.22. The molecule has 0 aromatic heterocycles. The maximum Gasteiger partial charge on any atom is 0.168 e. The number of allylic oxidation sites excluding steroid dienone is 2. The highest BCUT2D eigenvalue weighted by Gasteiger charge is 2.36. The second kappa shape index (κ2) is 5.82. The fraction of sp³-hybridized carbons (Fsp3) is 0.412. The first-order chi connectivity index (χ1) is 9.82. The normalized spacial score (nSPS) is 17.8. The highest BCUT2D eigenvalue weighted by atomic mass is 16.3. The van der Waals surface area contributed by atoms with Crippen molar-refractivity contribution in [3.05, 3.63) is 41.1 Å². The number of hydrogen-bond donors (Lipinski definition) is 2. The van der Waals surface area contributed by atoms with Gasteiger partial charge in [0, 0.05) is 24.2 Å². The third-order valence-electron chi connectivity index (χ3n) is 3.68. The van der Waals surface area contributed by atoms with Crippen molar-refractivity contribution in [2.24, 2.45) is 5.41 Å². The van der Waals surface area contributed by atoms with Crippen LogP contribution in [-0.4, -0.2) is 16.7 Å². The summed E-state index contributed by atoms with van der Waals surface area (Å²) in [5.41, 5.74) is 2.25. The molecule has 0 unspecified atom stereocenters. The van der Waals surface area contributed by atoms with Gasteiger partial charge in [0.25, 0.3) is 0 Å². The molecule has 1 aliphatic carbocycles. The number of nitrogens with one attached hydrogen (secondary N) is 1. The predicted molar refractivity (Wildman–Crippen MR) is 81.7 cm³/mol. The molecular formula is C17H21NO3. The number of benzene rings is 1. The first-order valence-electron chi connectivity index (χ1n) is 7.06. The molecule has 21 heavy (non-hydrogen) atoms. The Labute approximate surface area is 124 Å². The lowest BCUT2D eigenvalue weighted by Gasteiger charge is -2.29. The molecule has 0 heterocycles. The van der Waals surface area contributed by atoms with Gasteiger partial charge in [0.15, 0.2) is 11.6 Å². The Morgan fingerprint density at radius 2 is 1.67 bits per heavy atom. The topological polar surface area (TPSA) is 66.4 Å². The van der Waals surface area contributed by atoms with Crippen molar-refractivity contribution in [3.8, 4) is 0 Å². The van der Waals surface area contributed by atoms with Crippen LogP contribution in [-0.2, 0) is 16.2 Å². The summed E-state index contributed by atoms with van der Waals surface area (Å²) in [5.74, 6) is -0.179. The van der Waals surface area contributed by atoms with Crippen LogP contribution in [0.25, 0.3) is 0 Å². The first-order valence-corrected chi connectivity index (χ1v) is 7.06. The Kier molecular flexibility index (Phi) is 4.28. The van der Waals surface area contributed by atoms with Crippen molar-refractivity contribution >= 4 is 17.3 Å². The number of Topliss-reactive ketones (excluding diaryl/α,β-unsaturated/α-hetero) is 2. The average molecular weight is 287 g/mol. The van der Waals surface area contributed by atoms with Crippen molar-refractivity contribution in [2.75, 3.05) is 5.32 Å². The molecular weight excluding hydrogens is 266 g/mol. The maximum absolute atomic E-state index is 12.2. The summed E-state index contributed by atoms with van der Waals surface area (Å²) >= 11 is 0. The molecule has 1 aromatic carbocycles. The molecule has 2 N–H and O–H groups in total. The molecule has 0 radical (unpaired) electrons. The minimum Gasteiger partial charge on any atom is -0.392 e. The minimum absolute atomic E-state index is 0.00753. The molecule has 4 nitrogen and oxygen atoms in total. The van der Waals surface area contributed by atoms with Gasteiger partial charge in [0.05, 0.1) is 12.2 Å². The van der Waals surface area contributed by atoms with Gasteiger partial charge in [0.1, 0.15) is 0 Å². The second-order valence-corrected chi connectivity index (χ2v) is 6.34. The molecule has 2 rings (SSSR count). The van der Waals surface area contributed by atoms with Gasteiger partial charge in [0.2, 0.25) is 0 Å². The molecule has 4 heteroatoms. The van der Waals surface area contributed by atoms with E-state index in [9.17, 15) is 9.59 Å². The monoisotopic (exact) mass is 287 g/mol. The zero-order chi connectivity index (χ0) is 15.6. The van der Waals surface area contributed by atoms with Crippen LogP contribution in [0.15, 0.2) is 35.5 Å². The SMILES string of the molecule is CC(Nc1ccc(CO)cc1)=C1C(=O)CC(C)(C)CC1=O. The third-order valence-corrected chi connectivity index (χ3v) is 3.68. The summed E-state index contributed by atoms with van der Waals surface area (Å²) in [4.78, 5) is 24.4. The van der Waals surface area contributed by atoms with E-state index in [0.29, 0.717) is 24.1 Å². The fourth-order valence-electron chi connectivity index (χ4n) is 2.65. The van der Waals surface area contributed by atoms with Crippen LogP contribution in [0.4, 0.5) is 5.69 Å². The maximum atomic E-state index is 12.2. The van der Waals surface area contributed by atoms with Crippen molar-refractivity contribution in [1.29, 1.82) is 0 Å². The molecule has 1 fully saturated rings. The molecule has 1 aromatic rings. The van der Waals surface area contributed by atoms with Crippen LogP contribution in [0.2, 0.25) is 0 Å². The lowest BCUT2D eigenvalue weighted by molar-refractivity contribution is -0.127. The quantitative estimate of drug-likeness (QED) is 0.662. The minimum atomic E-state index is -0.249. The van der Waals surface area contributed by atoms with E-state index in [4.69, 9.17) is 5.11 Å². The van der Waals surface area contributed by atoms with Crippen molar-refractivity contribution < 1.29 is 14.7 Å². The highest BCUT2D eigenvalue weighted by molar-refractivity contribution is 6.23. The largest absolute Gasteiger partial charge is 0.392 e. The van der Waals surface area contributed by atoms with Gasteiger partial charge in [-0.1, -0.05) is 26.0 Å². The van der Waals surface area contributed by atoms with Gasteiger partial charge >= 0.3 is 0 Å². The van der Waals surface area contributed by atoms with Crippen LogP contribution < -0.4 is 5.32 Å². The molecule has 1 aliphatic rings. The lowest BCUT2D eigenvalue weighted by Crippen LogP contribution is -2.32. The van der Waals surface area contributed by atoms with E-state index in [1.54, 1.807) is 19.1 Å². The van der Waals surface area contributed by atoms with E-state index in [1.165, 1.54) is 0 Å². The van der Waals surface area contributed by atoms with Crippen LogP contribution in [0.3, 0.4) is 0 Å². The zero-order valence-corrected chi connectivity index (χ0v) is 12.7. The van der Waals surface area contributed by atoms with E-state index in [2.05, 4.69) is 5.32 Å². The number of carbonyl (C=O) groups is 2. The Morgan fingerprint density at radius 3 is 2.14 bits per heavy atom. The Hall–Kier alpha value is -1.94. The standard InChI is InChI=1S/C17H21NO3/c1-11(18-13-6-4-12(10-19)5-7-13)16-14(20)8-17(2,3)9-15(16)21/h4-7,18-19H,8-10H2,1-3H3. The van der Waals surface area contributed by atoms with Gasteiger partial charge in [-0.25, -0.2) is 0 Å². The van der Waals surface area contributed by atoms with Crippen LogP contribution in [0.5, 0.6) is 0 Å². The van der Waals surface area contributed by atoms with Gasteiger partial charge in [-0.15, -0.1) is 0 Å². The summed E-state index contributed by atoms with van der Waals surface area (Å²) in [6.07, 6.45) is 0.799. The number of hydrogen-bond acceptors (Lipinski definition) is 4. The fourth-order valence-corrected chi connectivity index (χ4v) is 2.65. The Morgan fingerprint density at radius 1 is 1.14 bits per heavy atom. The number of aliphatic hydroxyl groups excluding tert-OH is 1. The number of ketones is 2. The molecule has 0 aliphatic heterocycles. The van der Waals surface area contributed by atoms with Crippen LogP contribution in [0.1, 0.15) is 39.2 Å². The summed E-state index contributed by atoms with van der Waals surface area (Å²) in [5, 5.41) is 12.1. The molecule has 0 saturated heterocycles. The molecule has 1 saturated carbocycles. The van der Waals surface area contributed by atoms with Crippen LogP contribution >= 0.6 is 0 Å². The summed E-state index contributed by atoms with van der Waals surface area (Å²) in [6.45, 7) is 5.63. The summed E-state index contributed by atoms with van der Waals surface area (Å²) in [7, 11) is 0. The van der Waals surface area contributed by atoms with Gasteiger partial charge in [-0.2, -0.15) is 0 Å². The van der Waals surface area contributed by atoms with E-state index in [0.717, 1.165) is 11.3 Å².